The zero-order chi connectivity index (χ0) is 15.4. The van der Waals surface area contributed by atoms with E-state index in [0.29, 0.717) is 6.04 Å². The number of carbonyl (C=O) groups is 1. The molecular formula is C16H28Cl2N4OS. The van der Waals surface area contributed by atoms with Gasteiger partial charge in [-0.25, -0.2) is 4.98 Å². The van der Waals surface area contributed by atoms with Gasteiger partial charge in [0.2, 0.25) is 5.91 Å². The lowest BCUT2D eigenvalue weighted by Gasteiger charge is -2.32. The topological polar surface area (TPSA) is 57.3 Å². The fourth-order valence-corrected chi connectivity index (χ4v) is 3.96. The average Bonchev–Trinajstić information content (AvgIpc) is 2.94. The summed E-state index contributed by atoms with van der Waals surface area (Å²) in [6, 6.07) is 0.331. The van der Waals surface area contributed by atoms with E-state index in [9.17, 15) is 4.79 Å². The maximum Gasteiger partial charge on any atom is 0.223 e. The Labute approximate surface area is 160 Å². The summed E-state index contributed by atoms with van der Waals surface area (Å²) < 4.78 is 0. The number of piperidine rings is 2. The van der Waals surface area contributed by atoms with E-state index in [1.165, 1.54) is 5.69 Å². The second-order valence-electron chi connectivity index (χ2n) is 6.46. The Hall–Kier alpha value is -0.400. The first-order chi connectivity index (χ1) is 10.7. The zero-order valence-corrected chi connectivity index (χ0v) is 16.6. The summed E-state index contributed by atoms with van der Waals surface area (Å²) in [5.41, 5.74) is 1.17. The van der Waals surface area contributed by atoms with E-state index in [1.54, 1.807) is 11.3 Å². The average molecular weight is 395 g/mol. The van der Waals surface area contributed by atoms with E-state index >= 15 is 0 Å². The predicted octanol–water partition coefficient (Wildman–Crippen LogP) is 2.38. The molecule has 0 aliphatic carbocycles. The first-order valence-corrected chi connectivity index (χ1v) is 9.23. The molecule has 8 heteroatoms. The van der Waals surface area contributed by atoms with Gasteiger partial charge in [-0.3, -0.25) is 9.69 Å². The van der Waals surface area contributed by atoms with Gasteiger partial charge in [-0.15, -0.1) is 36.2 Å². The molecule has 0 aromatic carbocycles. The van der Waals surface area contributed by atoms with E-state index in [0.717, 1.165) is 63.4 Å². The summed E-state index contributed by atoms with van der Waals surface area (Å²) in [4.78, 5) is 19.3. The normalized spacial score (nSPS) is 22.3. The van der Waals surface area contributed by atoms with Crippen molar-refractivity contribution in [1.29, 1.82) is 0 Å². The van der Waals surface area contributed by atoms with Crippen LogP contribution in [0.15, 0.2) is 5.38 Å². The monoisotopic (exact) mass is 394 g/mol. The van der Waals surface area contributed by atoms with Gasteiger partial charge in [0.25, 0.3) is 0 Å². The molecule has 1 aromatic heterocycles. The highest BCUT2D eigenvalue weighted by Crippen LogP contribution is 2.20. The first-order valence-electron chi connectivity index (χ1n) is 8.35. The highest BCUT2D eigenvalue weighted by molar-refractivity contribution is 7.09. The zero-order valence-electron chi connectivity index (χ0n) is 14.1. The first kappa shape index (κ1) is 21.6. The molecule has 5 nitrogen and oxygen atoms in total. The number of nitrogens with one attached hydrogen (secondary N) is 2. The van der Waals surface area contributed by atoms with Gasteiger partial charge in [-0.05, 0) is 52.2 Å². The third kappa shape index (κ3) is 6.15. The van der Waals surface area contributed by atoms with Crippen molar-refractivity contribution in [2.75, 3.05) is 26.2 Å². The molecule has 2 saturated heterocycles. The van der Waals surface area contributed by atoms with Crippen molar-refractivity contribution in [3.8, 4) is 0 Å². The van der Waals surface area contributed by atoms with Gasteiger partial charge < -0.3 is 10.6 Å². The molecule has 3 rings (SSSR count). The number of carbonyl (C=O) groups excluding carboxylic acids is 1. The van der Waals surface area contributed by atoms with Gasteiger partial charge in [0.15, 0.2) is 0 Å². The van der Waals surface area contributed by atoms with Gasteiger partial charge >= 0.3 is 0 Å². The minimum atomic E-state index is 0. The number of amides is 1. The SMILES string of the molecule is Cc1nc(CN2CCC(C(=O)N[C@H]3CCCNC3)CC2)cs1.Cl.Cl. The fraction of sp³-hybridized carbons (Fsp3) is 0.750. The number of likely N-dealkylation sites (tertiary alicyclic amines) is 1. The van der Waals surface area contributed by atoms with Gasteiger partial charge in [-0.2, -0.15) is 0 Å². The number of hydrogen-bond donors (Lipinski definition) is 2. The minimum absolute atomic E-state index is 0. The molecule has 3 heterocycles. The molecule has 0 spiro atoms. The molecule has 0 unspecified atom stereocenters. The van der Waals surface area contributed by atoms with Crippen molar-refractivity contribution >= 4 is 42.1 Å². The molecule has 0 bridgehead atoms. The summed E-state index contributed by atoms with van der Waals surface area (Å²) >= 11 is 1.71. The Balaban J connectivity index is 0.00000144. The van der Waals surface area contributed by atoms with Gasteiger partial charge in [-0.1, -0.05) is 0 Å². The Kier molecular flexibility index (Phi) is 9.52. The van der Waals surface area contributed by atoms with Crippen LogP contribution in [0.3, 0.4) is 0 Å². The van der Waals surface area contributed by atoms with Gasteiger partial charge in [0.1, 0.15) is 0 Å². The number of rotatable bonds is 4. The van der Waals surface area contributed by atoms with Crippen LogP contribution in [0.2, 0.25) is 0 Å². The van der Waals surface area contributed by atoms with Crippen molar-refractivity contribution in [2.45, 2.75) is 45.2 Å². The van der Waals surface area contributed by atoms with Crippen LogP contribution in [0.4, 0.5) is 0 Å². The Bertz CT molecular complexity index is 500. The largest absolute Gasteiger partial charge is 0.352 e. The molecule has 1 aromatic rings. The van der Waals surface area contributed by atoms with Crippen molar-refractivity contribution in [2.24, 2.45) is 5.92 Å². The number of halogens is 2. The highest BCUT2D eigenvalue weighted by Gasteiger charge is 2.27. The van der Waals surface area contributed by atoms with Crippen molar-refractivity contribution in [3.63, 3.8) is 0 Å². The van der Waals surface area contributed by atoms with E-state index < -0.39 is 0 Å². The maximum absolute atomic E-state index is 12.4. The van der Waals surface area contributed by atoms with Crippen LogP contribution in [0.25, 0.3) is 0 Å². The maximum atomic E-state index is 12.4. The molecule has 2 N–H and O–H groups in total. The van der Waals surface area contributed by atoms with Crippen LogP contribution in [-0.4, -0.2) is 48.0 Å². The molecule has 2 aliphatic heterocycles. The number of nitrogens with zero attached hydrogens (tertiary/aromatic N) is 2. The Morgan fingerprint density at radius 2 is 2.12 bits per heavy atom. The van der Waals surface area contributed by atoms with Crippen molar-refractivity contribution in [1.82, 2.24) is 20.5 Å². The Morgan fingerprint density at radius 3 is 2.71 bits per heavy atom. The minimum Gasteiger partial charge on any atom is -0.352 e. The van der Waals surface area contributed by atoms with E-state index in [1.807, 2.05) is 6.92 Å². The van der Waals surface area contributed by atoms with Crippen molar-refractivity contribution in [3.05, 3.63) is 16.1 Å². The molecule has 2 fully saturated rings. The van der Waals surface area contributed by atoms with Crippen LogP contribution in [0.5, 0.6) is 0 Å². The number of thiazole rings is 1. The summed E-state index contributed by atoms with van der Waals surface area (Å²) in [5, 5.41) is 9.85. The third-order valence-electron chi connectivity index (χ3n) is 4.65. The fourth-order valence-electron chi connectivity index (χ4n) is 3.36. The molecular weight excluding hydrogens is 367 g/mol. The highest BCUT2D eigenvalue weighted by atomic mass is 35.5. The second kappa shape index (κ2) is 10.6. The van der Waals surface area contributed by atoms with Crippen LogP contribution < -0.4 is 10.6 Å². The molecule has 1 amide bonds. The lowest BCUT2D eigenvalue weighted by molar-refractivity contribution is -0.127. The summed E-state index contributed by atoms with van der Waals surface area (Å²) in [6.45, 7) is 6.97. The quantitative estimate of drug-likeness (QED) is 0.822. The Morgan fingerprint density at radius 1 is 1.38 bits per heavy atom. The molecule has 24 heavy (non-hydrogen) atoms. The lowest BCUT2D eigenvalue weighted by Crippen LogP contribution is -2.49. The molecule has 0 saturated carbocycles. The number of hydrogen-bond acceptors (Lipinski definition) is 5. The predicted molar refractivity (Wildman–Crippen MR) is 103 cm³/mol. The van der Waals surface area contributed by atoms with Crippen LogP contribution >= 0.6 is 36.2 Å². The molecule has 1 atom stereocenters. The van der Waals surface area contributed by atoms with Gasteiger partial charge in [0, 0.05) is 30.4 Å². The lowest BCUT2D eigenvalue weighted by atomic mass is 9.95. The van der Waals surface area contributed by atoms with Crippen LogP contribution in [0, 0.1) is 12.8 Å². The molecule has 2 aliphatic rings. The standard InChI is InChI=1S/C16H26N4OS.2ClH/c1-12-18-15(11-22-12)10-20-7-4-13(5-8-20)16(21)19-14-3-2-6-17-9-14;;/h11,13-14,17H,2-10H2,1H3,(H,19,21);2*1H/t14-;;/m0../s1. The summed E-state index contributed by atoms with van der Waals surface area (Å²) in [7, 11) is 0. The van der Waals surface area contributed by atoms with Gasteiger partial charge in [0.05, 0.1) is 10.7 Å². The van der Waals surface area contributed by atoms with Crippen LogP contribution in [-0.2, 0) is 11.3 Å². The number of aromatic nitrogens is 1. The smallest absolute Gasteiger partial charge is 0.223 e. The van der Waals surface area contributed by atoms with Crippen LogP contribution in [0.1, 0.15) is 36.4 Å². The van der Waals surface area contributed by atoms with Crippen molar-refractivity contribution < 1.29 is 4.79 Å². The molecule has 138 valence electrons. The van der Waals surface area contributed by atoms with E-state index in [4.69, 9.17) is 0 Å². The van der Waals surface area contributed by atoms with E-state index in [2.05, 4.69) is 25.9 Å². The third-order valence-corrected chi connectivity index (χ3v) is 5.48. The number of aryl methyl sites for hydroxylation is 1. The summed E-state index contributed by atoms with van der Waals surface area (Å²) in [5.74, 6) is 0.452. The second-order valence-corrected chi connectivity index (χ2v) is 7.52. The molecule has 0 radical (unpaired) electrons. The van der Waals surface area contributed by atoms with E-state index in [-0.39, 0.29) is 36.6 Å². The summed E-state index contributed by atoms with van der Waals surface area (Å²) in [6.07, 6.45) is 4.21.